The Morgan fingerprint density at radius 3 is 2.79 bits per heavy atom. The minimum Gasteiger partial charge on any atom is -0.379 e. The fourth-order valence-electron chi connectivity index (χ4n) is 3.49. The van der Waals surface area contributed by atoms with Crippen LogP contribution in [-0.2, 0) is 23.0 Å². The molecule has 4 rings (SSSR count). The highest BCUT2D eigenvalue weighted by atomic mass is 16.5. The average molecular weight is 256 g/mol. The molecule has 2 aliphatic rings. The maximum Gasteiger partial charge on any atom is 0.0597 e. The molecule has 0 unspecified atom stereocenters. The van der Waals surface area contributed by atoms with E-state index in [0.29, 0.717) is 6.54 Å². The molecule has 1 saturated heterocycles. The molecule has 0 spiro atoms. The summed E-state index contributed by atoms with van der Waals surface area (Å²) in [6, 6.07) is 6.80. The maximum atomic E-state index is 5.97. The standard InChI is InChI=1S/C16H20N2O/c17-8-16(9-19-10-16)11-5-6-15-13(7-11)12-3-1-2-4-14(12)18-15/h5-7,18H,1-4,8-10,17H2. The number of rotatable bonds is 2. The number of nitrogens with two attached hydrogens (primary N) is 1. The van der Waals surface area contributed by atoms with E-state index >= 15 is 0 Å². The van der Waals surface area contributed by atoms with Gasteiger partial charge in [-0.3, -0.25) is 0 Å². The average Bonchev–Trinajstić information content (AvgIpc) is 2.76. The van der Waals surface area contributed by atoms with Gasteiger partial charge >= 0.3 is 0 Å². The molecule has 0 amide bonds. The number of nitrogens with one attached hydrogen (secondary N) is 1. The van der Waals surface area contributed by atoms with Crippen LogP contribution in [0.2, 0.25) is 0 Å². The highest BCUT2D eigenvalue weighted by molar-refractivity contribution is 5.86. The van der Waals surface area contributed by atoms with Crippen LogP contribution in [0.15, 0.2) is 18.2 Å². The van der Waals surface area contributed by atoms with Crippen LogP contribution < -0.4 is 5.73 Å². The van der Waals surface area contributed by atoms with Gasteiger partial charge in [-0.15, -0.1) is 0 Å². The summed E-state index contributed by atoms with van der Waals surface area (Å²) in [7, 11) is 0. The van der Waals surface area contributed by atoms with E-state index in [2.05, 4.69) is 23.2 Å². The lowest BCUT2D eigenvalue weighted by molar-refractivity contribution is -0.0549. The molecule has 1 aliphatic heterocycles. The Bertz CT molecular complexity index is 619. The zero-order valence-corrected chi connectivity index (χ0v) is 11.2. The number of H-pyrrole nitrogens is 1. The van der Waals surface area contributed by atoms with E-state index < -0.39 is 0 Å². The summed E-state index contributed by atoms with van der Waals surface area (Å²) in [5.41, 5.74) is 11.6. The summed E-state index contributed by atoms with van der Waals surface area (Å²) in [6.45, 7) is 2.20. The zero-order chi connectivity index (χ0) is 12.9. The lowest BCUT2D eigenvalue weighted by atomic mass is 9.78. The minimum atomic E-state index is 0.0625. The van der Waals surface area contributed by atoms with Crippen LogP contribution in [0.5, 0.6) is 0 Å². The van der Waals surface area contributed by atoms with Gasteiger partial charge in [0.25, 0.3) is 0 Å². The number of aromatic nitrogens is 1. The SMILES string of the molecule is NCC1(c2ccc3[nH]c4c(c3c2)CCCC4)COC1. The summed E-state index contributed by atoms with van der Waals surface area (Å²) >= 11 is 0. The Morgan fingerprint density at radius 1 is 1.21 bits per heavy atom. The van der Waals surface area contributed by atoms with Gasteiger partial charge in [-0.1, -0.05) is 6.07 Å². The number of fused-ring (bicyclic) bond motifs is 3. The third-order valence-electron chi connectivity index (χ3n) is 4.86. The summed E-state index contributed by atoms with van der Waals surface area (Å²) in [5.74, 6) is 0. The summed E-state index contributed by atoms with van der Waals surface area (Å²) < 4.78 is 5.40. The molecule has 0 atom stereocenters. The Labute approximate surface area is 113 Å². The van der Waals surface area contributed by atoms with Crippen molar-refractivity contribution in [3.63, 3.8) is 0 Å². The first-order chi connectivity index (χ1) is 9.32. The maximum absolute atomic E-state index is 5.97. The molecule has 3 nitrogen and oxygen atoms in total. The molecule has 0 bridgehead atoms. The van der Waals surface area contributed by atoms with Gasteiger partial charge in [0.15, 0.2) is 0 Å². The third-order valence-corrected chi connectivity index (χ3v) is 4.86. The van der Waals surface area contributed by atoms with Crippen LogP contribution in [0.3, 0.4) is 0 Å². The van der Waals surface area contributed by atoms with Gasteiger partial charge in [0.1, 0.15) is 0 Å². The smallest absolute Gasteiger partial charge is 0.0597 e. The van der Waals surface area contributed by atoms with Gasteiger partial charge in [-0.2, -0.15) is 0 Å². The van der Waals surface area contributed by atoms with Crippen molar-refractivity contribution in [3.8, 4) is 0 Å². The predicted octanol–water partition coefficient (Wildman–Crippen LogP) is 2.27. The van der Waals surface area contributed by atoms with Crippen molar-refractivity contribution in [1.82, 2.24) is 4.98 Å². The van der Waals surface area contributed by atoms with Crippen molar-refractivity contribution in [1.29, 1.82) is 0 Å². The summed E-state index contributed by atoms with van der Waals surface area (Å²) in [6.07, 6.45) is 5.04. The molecule has 0 radical (unpaired) electrons. The lowest BCUT2D eigenvalue weighted by Crippen LogP contribution is -2.52. The van der Waals surface area contributed by atoms with Gasteiger partial charge in [-0.25, -0.2) is 0 Å². The first-order valence-corrected chi connectivity index (χ1v) is 7.24. The molecule has 2 aromatic rings. The van der Waals surface area contributed by atoms with Crippen molar-refractivity contribution in [3.05, 3.63) is 35.0 Å². The largest absolute Gasteiger partial charge is 0.379 e. The molecule has 1 aromatic carbocycles. The number of ether oxygens (including phenoxy) is 1. The molecular formula is C16H20N2O. The zero-order valence-electron chi connectivity index (χ0n) is 11.2. The highest BCUT2D eigenvalue weighted by Crippen LogP contribution is 2.36. The molecule has 3 N–H and O–H groups in total. The second-order valence-corrected chi connectivity index (χ2v) is 6.03. The van der Waals surface area contributed by atoms with Crippen LogP contribution in [0.25, 0.3) is 10.9 Å². The number of aromatic amines is 1. The van der Waals surface area contributed by atoms with E-state index in [4.69, 9.17) is 10.5 Å². The number of hydrogen-bond acceptors (Lipinski definition) is 2. The minimum absolute atomic E-state index is 0.0625. The molecule has 19 heavy (non-hydrogen) atoms. The highest BCUT2D eigenvalue weighted by Gasteiger charge is 2.39. The summed E-state index contributed by atoms with van der Waals surface area (Å²) in [5, 5.41) is 1.41. The topological polar surface area (TPSA) is 51.0 Å². The fourth-order valence-corrected chi connectivity index (χ4v) is 3.49. The fraction of sp³-hybridized carbons (Fsp3) is 0.500. The molecule has 1 fully saturated rings. The van der Waals surface area contributed by atoms with E-state index in [1.807, 2.05) is 0 Å². The van der Waals surface area contributed by atoms with Crippen LogP contribution in [-0.4, -0.2) is 24.7 Å². The van der Waals surface area contributed by atoms with E-state index in [1.165, 1.54) is 53.4 Å². The second kappa shape index (κ2) is 4.09. The van der Waals surface area contributed by atoms with Crippen molar-refractivity contribution in [2.45, 2.75) is 31.1 Å². The first-order valence-electron chi connectivity index (χ1n) is 7.24. The van der Waals surface area contributed by atoms with Crippen molar-refractivity contribution in [2.24, 2.45) is 5.73 Å². The van der Waals surface area contributed by atoms with Crippen LogP contribution in [0.1, 0.15) is 29.7 Å². The van der Waals surface area contributed by atoms with Crippen molar-refractivity contribution in [2.75, 3.05) is 19.8 Å². The molecule has 0 saturated carbocycles. The number of aryl methyl sites for hydroxylation is 2. The quantitative estimate of drug-likeness (QED) is 0.866. The monoisotopic (exact) mass is 256 g/mol. The second-order valence-electron chi connectivity index (χ2n) is 6.03. The Balaban J connectivity index is 1.86. The number of hydrogen-bond donors (Lipinski definition) is 2. The predicted molar refractivity (Wildman–Crippen MR) is 76.5 cm³/mol. The van der Waals surface area contributed by atoms with Crippen molar-refractivity contribution >= 4 is 10.9 Å². The molecule has 2 heterocycles. The Hall–Kier alpha value is -1.32. The molecule has 100 valence electrons. The van der Waals surface area contributed by atoms with Crippen molar-refractivity contribution < 1.29 is 4.74 Å². The molecule has 1 aliphatic carbocycles. The third kappa shape index (κ3) is 1.58. The van der Waals surface area contributed by atoms with Crippen LogP contribution in [0.4, 0.5) is 0 Å². The van der Waals surface area contributed by atoms with Gasteiger partial charge in [0.05, 0.1) is 18.6 Å². The normalized spacial score (nSPS) is 21.1. The van der Waals surface area contributed by atoms with Crippen LogP contribution >= 0.6 is 0 Å². The Kier molecular flexibility index (Phi) is 2.47. The number of benzene rings is 1. The molecule has 3 heteroatoms. The van der Waals surface area contributed by atoms with Gasteiger partial charge in [0, 0.05) is 23.1 Å². The molecule has 1 aromatic heterocycles. The van der Waals surface area contributed by atoms with Gasteiger partial charge in [-0.05, 0) is 48.9 Å². The first kappa shape index (κ1) is 11.5. The van der Waals surface area contributed by atoms with Crippen LogP contribution in [0, 0.1) is 0 Å². The summed E-state index contributed by atoms with van der Waals surface area (Å²) in [4.78, 5) is 3.59. The van der Waals surface area contributed by atoms with E-state index in [9.17, 15) is 0 Å². The Morgan fingerprint density at radius 2 is 2.05 bits per heavy atom. The molecular weight excluding hydrogens is 236 g/mol. The lowest BCUT2D eigenvalue weighted by Gasteiger charge is -2.41. The van der Waals surface area contributed by atoms with Gasteiger partial charge in [0.2, 0.25) is 0 Å². The van der Waals surface area contributed by atoms with E-state index in [1.54, 1.807) is 0 Å². The van der Waals surface area contributed by atoms with E-state index in [-0.39, 0.29) is 5.41 Å². The van der Waals surface area contributed by atoms with Gasteiger partial charge < -0.3 is 15.5 Å². The van der Waals surface area contributed by atoms with E-state index in [0.717, 1.165) is 13.2 Å².